The Kier molecular flexibility index (Phi) is 2.63. The van der Waals surface area contributed by atoms with Crippen LogP contribution in [-0.2, 0) is 4.79 Å². The van der Waals surface area contributed by atoms with Crippen molar-refractivity contribution in [3.05, 3.63) is 23.8 Å². The number of carbonyl (C=O) groups is 3. The number of carboxylic acids is 1. The zero-order chi connectivity index (χ0) is 14.3. The number of anilines is 1. The Hall–Kier alpha value is -2.90. The van der Waals surface area contributed by atoms with Crippen LogP contribution in [0.3, 0.4) is 0 Å². The Morgan fingerprint density at radius 2 is 2.20 bits per heavy atom. The van der Waals surface area contributed by atoms with E-state index in [9.17, 15) is 14.4 Å². The first-order valence-corrected chi connectivity index (χ1v) is 5.80. The first-order valence-electron chi connectivity index (χ1n) is 5.80. The third kappa shape index (κ3) is 1.96. The molecule has 1 aromatic heterocycles. The summed E-state index contributed by atoms with van der Waals surface area (Å²) in [6.07, 6.45) is 0.158. The maximum absolute atomic E-state index is 11.7. The van der Waals surface area contributed by atoms with Crippen molar-refractivity contribution in [1.82, 2.24) is 10.3 Å². The quantitative estimate of drug-likeness (QED) is 0.844. The number of nitrogens with one attached hydrogen (secondary N) is 1. The zero-order valence-electron chi connectivity index (χ0n) is 10.1. The van der Waals surface area contributed by atoms with E-state index in [1.165, 1.54) is 23.1 Å². The molecule has 2 heterocycles. The fourth-order valence-corrected chi connectivity index (χ4v) is 1.91. The molecule has 3 amide bonds. The minimum atomic E-state index is -1.08. The number of urea groups is 1. The lowest BCUT2D eigenvalue weighted by Gasteiger charge is -2.22. The molecule has 0 saturated carbocycles. The van der Waals surface area contributed by atoms with Gasteiger partial charge < -0.3 is 9.52 Å². The van der Waals surface area contributed by atoms with Crippen molar-refractivity contribution in [3.8, 4) is 0 Å². The highest BCUT2D eigenvalue weighted by atomic mass is 16.4. The van der Waals surface area contributed by atoms with Crippen molar-refractivity contribution in [2.24, 2.45) is 0 Å². The Balaban J connectivity index is 1.98. The van der Waals surface area contributed by atoms with Crippen molar-refractivity contribution in [1.29, 1.82) is 0 Å². The molecule has 0 bridgehead atoms. The Morgan fingerprint density at radius 3 is 2.90 bits per heavy atom. The van der Waals surface area contributed by atoms with Crippen LogP contribution < -0.4 is 10.2 Å². The molecule has 8 heteroatoms. The van der Waals surface area contributed by atoms with E-state index >= 15 is 0 Å². The van der Waals surface area contributed by atoms with E-state index in [1.54, 1.807) is 0 Å². The monoisotopic (exact) mass is 275 g/mol. The molecule has 0 spiro atoms. The number of carbonyl (C=O) groups excluding carboxylic acids is 2. The van der Waals surface area contributed by atoms with Gasteiger partial charge in [-0.15, -0.1) is 0 Å². The molecule has 1 aliphatic heterocycles. The average Bonchev–Trinajstić information content (AvgIpc) is 2.80. The number of benzene rings is 1. The van der Waals surface area contributed by atoms with E-state index in [0.717, 1.165) is 0 Å². The molecule has 1 saturated heterocycles. The predicted octanol–water partition coefficient (Wildman–Crippen LogP) is 0.972. The molecule has 102 valence electrons. The van der Waals surface area contributed by atoms with Gasteiger partial charge in [-0.2, -0.15) is 4.98 Å². The van der Waals surface area contributed by atoms with E-state index in [4.69, 9.17) is 9.52 Å². The number of hydrogen-bond donors (Lipinski definition) is 2. The van der Waals surface area contributed by atoms with E-state index in [2.05, 4.69) is 10.3 Å². The molecule has 20 heavy (non-hydrogen) atoms. The summed E-state index contributed by atoms with van der Waals surface area (Å²) in [6, 6.07) is 3.66. The summed E-state index contributed by atoms with van der Waals surface area (Å²) in [7, 11) is 0. The van der Waals surface area contributed by atoms with Gasteiger partial charge in [0.25, 0.3) is 0 Å². The summed E-state index contributed by atoms with van der Waals surface area (Å²) in [6.45, 7) is 0.170. The summed E-state index contributed by atoms with van der Waals surface area (Å²) in [5.74, 6) is -1.43. The van der Waals surface area contributed by atoms with Crippen LogP contribution in [-0.4, -0.2) is 34.5 Å². The van der Waals surface area contributed by atoms with Crippen LogP contribution in [0, 0.1) is 0 Å². The number of imide groups is 1. The Bertz CT molecular complexity index is 736. The van der Waals surface area contributed by atoms with Gasteiger partial charge in [0.1, 0.15) is 5.52 Å². The minimum absolute atomic E-state index is 0.0348. The van der Waals surface area contributed by atoms with Gasteiger partial charge in [-0.3, -0.25) is 10.1 Å². The first-order chi connectivity index (χ1) is 9.54. The van der Waals surface area contributed by atoms with Crippen molar-refractivity contribution in [3.63, 3.8) is 0 Å². The van der Waals surface area contributed by atoms with E-state index in [1.807, 2.05) is 0 Å². The van der Waals surface area contributed by atoms with Crippen LogP contribution in [0.1, 0.15) is 16.8 Å². The number of aromatic nitrogens is 1. The first kappa shape index (κ1) is 12.2. The lowest BCUT2D eigenvalue weighted by molar-refractivity contribution is -0.120. The van der Waals surface area contributed by atoms with Crippen LogP contribution in [0.2, 0.25) is 0 Å². The number of oxazole rings is 1. The molecular weight excluding hydrogens is 266 g/mol. The van der Waals surface area contributed by atoms with Crippen molar-refractivity contribution in [2.45, 2.75) is 6.42 Å². The highest BCUT2D eigenvalue weighted by Gasteiger charge is 2.28. The van der Waals surface area contributed by atoms with Gasteiger partial charge >= 0.3 is 18.0 Å². The van der Waals surface area contributed by atoms with Gasteiger partial charge in [-0.1, -0.05) is 0 Å². The SMILES string of the molecule is O=C1CCN(c2nc3ccc(C(=O)O)cc3o2)C(=O)N1. The van der Waals surface area contributed by atoms with E-state index < -0.39 is 12.0 Å². The van der Waals surface area contributed by atoms with Crippen LogP contribution >= 0.6 is 0 Å². The maximum Gasteiger partial charge on any atom is 0.335 e. The van der Waals surface area contributed by atoms with Crippen LogP contribution in [0.25, 0.3) is 11.1 Å². The maximum atomic E-state index is 11.7. The molecule has 1 fully saturated rings. The number of carboxylic acid groups (broad SMARTS) is 1. The number of hydrogen-bond acceptors (Lipinski definition) is 5. The van der Waals surface area contributed by atoms with Gasteiger partial charge in [0.05, 0.1) is 5.56 Å². The lowest BCUT2D eigenvalue weighted by Crippen LogP contribution is -2.49. The highest BCUT2D eigenvalue weighted by molar-refractivity contribution is 6.05. The summed E-state index contributed by atoms with van der Waals surface area (Å²) in [5.41, 5.74) is 0.776. The van der Waals surface area contributed by atoms with E-state index in [0.29, 0.717) is 5.52 Å². The summed E-state index contributed by atoms with van der Waals surface area (Å²) in [4.78, 5) is 38.9. The molecule has 2 N–H and O–H groups in total. The molecule has 1 aliphatic rings. The standard InChI is InChI=1S/C12H9N3O5/c16-9-3-4-15(11(19)14-9)12-13-7-2-1-6(10(17)18)5-8(7)20-12/h1-2,5H,3-4H2,(H,17,18)(H,14,16,19). The topological polar surface area (TPSA) is 113 Å². The van der Waals surface area contributed by atoms with Crippen LogP contribution in [0.5, 0.6) is 0 Å². The smallest absolute Gasteiger partial charge is 0.335 e. The summed E-state index contributed by atoms with van der Waals surface area (Å²) >= 11 is 0. The largest absolute Gasteiger partial charge is 0.478 e. The minimum Gasteiger partial charge on any atom is -0.478 e. The molecule has 0 unspecified atom stereocenters. The molecule has 8 nitrogen and oxygen atoms in total. The number of fused-ring (bicyclic) bond motifs is 1. The molecule has 0 radical (unpaired) electrons. The van der Waals surface area contributed by atoms with Gasteiger partial charge in [-0.25, -0.2) is 14.5 Å². The van der Waals surface area contributed by atoms with Crippen molar-refractivity contribution < 1.29 is 23.9 Å². The molecule has 0 aliphatic carbocycles. The third-order valence-corrected chi connectivity index (χ3v) is 2.91. The van der Waals surface area contributed by atoms with Gasteiger partial charge in [-0.05, 0) is 18.2 Å². The van der Waals surface area contributed by atoms with Gasteiger partial charge in [0.15, 0.2) is 5.58 Å². The Labute approximate surface area is 112 Å². The molecule has 2 aromatic rings. The molecule has 3 rings (SSSR count). The van der Waals surface area contributed by atoms with Gasteiger partial charge in [0.2, 0.25) is 5.91 Å². The molecule has 1 aromatic carbocycles. The summed E-state index contributed by atoms with van der Waals surface area (Å²) in [5, 5.41) is 11.1. The lowest BCUT2D eigenvalue weighted by atomic mass is 10.2. The number of amides is 3. The predicted molar refractivity (Wildman–Crippen MR) is 66.5 cm³/mol. The van der Waals surface area contributed by atoms with E-state index in [-0.39, 0.29) is 36.0 Å². The number of aromatic carboxylic acids is 1. The summed E-state index contributed by atoms with van der Waals surface area (Å²) < 4.78 is 5.38. The van der Waals surface area contributed by atoms with Crippen LogP contribution in [0.15, 0.2) is 22.6 Å². The van der Waals surface area contributed by atoms with Gasteiger partial charge in [0, 0.05) is 13.0 Å². The fourth-order valence-electron chi connectivity index (χ4n) is 1.91. The second kappa shape index (κ2) is 4.34. The average molecular weight is 275 g/mol. The second-order valence-corrected chi connectivity index (χ2v) is 4.24. The Morgan fingerprint density at radius 1 is 1.40 bits per heavy atom. The molecular formula is C12H9N3O5. The fraction of sp³-hybridized carbons (Fsp3) is 0.167. The third-order valence-electron chi connectivity index (χ3n) is 2.91. The van der Waals surface area contributed by atoms with Crippen molar-refractivity contribution >= 4 is 35.0 Å². The zero-order valence-corrected chi connectivity index (χ0v) is 10.1. The second-order valence-electron chi connectivity index (χ2n) is 4.24. The normalized spacial score (nSPS) is 15.5. The highest BCUT2D eigenvalue weighted by Crippen LogP contribution is 2.24. The number of rotatable bonds is 2. The number of nitrogens with zero attached hydrogens (tertiary/aromatic N) is 2. The van der Waals surface area contributed by atoms with Crippen LogP contribution in [0.4, 0.5) is 10.8 Å². The molecule has 0 atom stereocenters. The van der Waals surface area contributed by atoms with Crippen molar-refractivity contribution in [2.75, 3.05) is 11.4 Å².